The number of aliphatic hydroxyl groups excluding tert-OH is 1. The highest BCUT2D eigenvalue weighted by Crippen LogP contribution is 2.24. The average molecular weight is 293 g/mol. The summed E-state index contributed by atoms with van der Waals surface area (Å²) in [5.41, 5.74) is 6.21. The third-order valence-electron chi connectivity index (χ3n) is 4.45. The average Bonchev–Trinajstić information content (AvgIpc) is 2.40. The first-order valence-corrected chi connectivity index (χ1v) is 7.37. The van der Waals surface area contributed by atoms with Crippen LogP contribution < -0.4 is 0 Å². The van der Waals surface area contributed by atoms with Crippen molar-refractivity contribution in [3.63, 3.8) is 0 Å². The van der Waals surface area contributed by atoms with Crippen LogP contribution in [0.25, 0.3) is 0 Å². The lowest BCUT2D eigenvalue weighted by Gasteiger charge is -2.28. The van der Waals surface area contributed by atoms with E-state index in [4.69, 9.17) is 10.2 Å². The van der Waals surface area contributed by atoms with Crippen molar-refractivity contribution in [1.82, 2.24) is 4.90 Å². The van der Waals surface area contributed by atoms with Crippen LogP contribution in [0, 0.1) is 27.7 Å². The maximum Gasteiger partial charge on any atom is 0.304 e. The van der Waals surface area contributed by atoms with Crippen LogP contribution in [0.15, 0.2) is 6.07 Å². The Labute approximate surface area is 127 Å². The summed E-state index contributed by atoms with van der Waals surface area (Å²) in [7, 11) is 1.87. The molecule has 0 saturated heterocycles. The van der Waals surface area contributed by atoms with Crippen molar-refractivity contribution in [3.8, 4) is 0 Å². The Balaban J connectivity index is 3.11. The van der Waals surface area contributed by atoms with Crippen LogP contribution in [-0.2, 0) is 11.2 Å². The van der Waals surface area contributed by atoms with Gasteiger partial charge in [0.25, 0.3) is 0 Å². The second-order valence-corrected chi connectivity index (χ2v) is 5.90. The van der Waals surface area contributed by atoms with Gasteiger partial charge in [-0.05, 0) is 69.0 Å². The van der Waals surface area contributed by atoms with Crippen molar-refractivity contribution >= 4 is 5.97 Å². The van der Waals surface area contributed by atoms with Gasteiger partial charge in [-0.25, -0.2) is 0 Å². The molecule has 0 aliphatic rings. The number of rotatable bonds is 7. The summed E-state index contributed by atoms with van der Waals surface area (Å²) >= 11 is 0. The van der Waals surface area contributed by atoms with Gasteiger partial charge in [-0.3, -0.25) is 4.79 Å². The summed E-state index contributed by atoms with van der Waals surface area (Å²) in [6.07, 6.45) is 0.783. The number of benzene rings is 1. The number of hydrogen-bond acceptors (Lipinski definition) is 3. The summed E-state index contributed by atoms with van der Waals surface area (Å²) in [6.45, 7) is 8.91. The Morgan fingerprint density at radius 2 is 1.71 bits per heavy atom. The van der Waals surface area contributed by atoms with Crippen molar-refractivity contribution in [2.24, 2.45) is 0 Å². The number of nitrogens with zero attached hydrogens (tertiary/aromatic N) is 1. The molecule has 0 aromatic heterocycles. The minimum absolute atomic E-state index is 0.0391. The largest absolute Gasteiger partial charge is 0.481 e. The Kier molecular flexibility index (Phi) is 6.37. The molecule has 4 heteroatoms. The monoisotopic (exact) mass is 293 g/mol. The highest BCUT2D eigenvalue weighted by molar-refractivity contribution is 5.67. The van der Waals surface area contributed by atoms with E-state index in [0.717, 1.165) is 0 Å². The van der Waals surface area contributed by atoms with Crippen molar-refractivity contribution < 1.29 is 15.0 Å². The van der Waals surface area contributed by atoms with Crippen LogP contribution in [-0.4, -0.2) is 47.3 Å². The third kappa shape index (κ3) is 4.55. The second kappa shape index (κ2) is 7.57. The van der Waals surface area contributed by atoms with E-state index in [0.29, 0.717) is 13.0 Å². The zero-order valence-electron chi connectivity index (χ0n) is 13.7. The minimum atomic E-state index is -0.801. The van der Waals surface area contributed by atoms with Gasteiger partial charge >= 0.3 is 5.97 Å². The van der Waals surface area contributed by atoms with Crippen molar-refractivity contribution in [3.05, 3.63) is 33.9 Å². The lowest BCUT2D eigenvalue weighted by Crippen LogP contribution is -2.37. The van der Waals surface area contributed by atoms with Gasteiger partial charge in [0.15, 0.2) is 0 Å². The molecule has 21 heavy (non-hydrogen) atoms. The molecule has 0 radical (unpaired) electrons. The molecule has 0 heterocycles. The summed E-state index contributed by atoms with van der Waals surface area (Å²) in [5.74, 6) is -0.801. The van der Waals surface area contributed by atoms with E-state index >= 15 is 0 Å². The number of aryl methyl sites for hydroxylation is 2. The Morgan fingerprint density at radius 3 is 2.14 bits per heavy atom. The molecule has 1 aromatic rings. The lowest BCUT2D eigenvalue weighted by molar-refractivity contribution is -0.138. The second-order valence-electron chi connectivity index (χ2n) is 5.90. The summed E-state index contributed by atoms with van der Waals surface area (Å²) in [5, 5.41) is 18.2. The summed E-state index contributed by atoms with van der Waals surface area (Å²) in [6, 6.07) is 2.07. The molecule has 0 aliphatic carbocycles. The zero-order valence-corrected chi connectivity index (χ0v) is 13.7. The van der Waals surface area contributed by atoms with Gasteiger partial charge in [0, 0.05) is 12.6 Å². The molecule has 0 saturated carbocycles. The van der Waals surface area contributed by atoms with Crippen molar-refractivity contribution in [2.45, 2.75) is 46.6 Å². The highest BCUT2D eigenvalue weighted by Gasteiger charge is 2.21. The molecule has 0 amide bonds. The molecule has 1 atom stereocenters. The molecule has 2 N–H and O–H groups in total. The number of aliphatic carboxylic acids is 1. The van der Waals surface area contributed by atoms with Gasteiger partial charge in [-0.1, -0.05) is 6.07 Å². The highest BCUT2D eigenvalue weighted by atomic mass is 16.4. The van der Waals surface area contributed by atoms with E-state index in [1.807, 2.05) is 11.9 Å². The first-order chi connectivity index (χ1) is 9.77. The van der Waals surface area contributed by atoms with E-state index in [-0.39, 0.29) is 19.1 Å². The van der Waals surface area contributed by atoms with Gasteiger partial charge in [-0.2, -0.15) is 0 Å². The zero-order chi connectivity index (χ0) is 16.2. The van der Waals surface area contributed by atoms with Gasteiger partial charge < -0.3 is 15.1 Å². The van der Waals surface area contributed by atoms with Crippen LogP contribution in [0.4, 0.5) is 0 Å². The molecule has 0 aliphatic heterocycles. The maximum absolute atomic E-state index is 11.1. The third-order valence-corrected chi connectivity index (χ3v) is 4.45. The van der Waals surface area contributed by atoms with Crippen molar-refractivity contribution in [1.29, 1.82) is 0 Å². The topological polar surface area (TPSA) is 60.8 Å². The van der Waals surface area contributed by atoms with Crippen LogP contribution in [0.5, 0.6) is 0 Å². The molecule has 1 unspecified atom stereocenters. The number of carboxylic acids is 1. The van der Waals surface area contributed by atoms with Gasteiger partial charge in [-0.15, -0.1) is 0 Å². The van der Waals surface area contributed by atoms with Gasteiger partial charge in [0.1, 0.15) is 0 Å². The van der Waals surface area contributed by atoms with E-state index in [9.17, 15) is 4.79 Å². The van der Waals surface area contributed by atoms with E-state index in [1.165, 1.54) is 27.8 Å². The molecule has 1 aromatic carbocycles. The maximum atomic E-state index is 11.1. The van der Waals surface area contributed by atoms with E-state index < -0.39 is 5.97 Å². The molecule has 0 spiro atoms. The fourth-order valence-corrected chi connectivity index (χ4v) is 2.77. The summed E-state index contributed by atoms with van der Waals surface area (Å²) < 4.78 is 0. The fourth-order valence-electron chi connectivity index (χ4n) is 2.77. The number of hydrogen-bond donors (Lipinski definition) is 2. The number of likely N-dealkylation sites (N-methyl/N-ethyl adjacent to an activating group) is 1. The molecule has 0 bridgehead atoms. The lowest BCUT2D eigenvalue weighted by atomic mass is 9.89. The normalized spacial score (nSPS) is 12.7. The Hall–Kier alpha value is -1.39. The molecule has 0 fully saturated rings. The quantitative estimate of drug-likeness (QED) is 0.809. The predicted molar refractivity (Wildman–Crippen MR) is 84.9 cm³/mol. The number of aliphatic hydroxyl groups is 1. The molecular formula is C17H27NO3. The van der Waals surface area contributed by atoms with Crippen LogP contribution in [0.2, 0.25) is 0 Å². The molecule has 1 rings (SSSR count). The fraction of sp³-hybridized carbons (Fsp3) is 0.588. The van der Waals surface area contributed by atoms with E-state index in [1.54, 1.807) is 0 Å². The van der Waals surface area contributed by atoms with Gasteiger partial charge in [0.2, 0.25) is 0 Å². The Morgan fingerprint density at radius 1 is 1.19 bits per heavy atom. The standard InChI is InChI=1S/C17H27NO3/c1-11-8-12(2)14(4)16(13(11)3)9-15(10-17(20)21)18(5)6-7-19/h8,15,19H,6-7,9-10H2,1-5H3,(H,20,21). The van der Waals surface area contributed by atoms with Crippen LogP contribution in [0.3, 0.4) is 0 Å². The van der Waals surface area contributed by atoms with Gasteiger partial charge in [0.05, 0.1) is 13.0 Å². The number of carboxylic acid groups (broad SMARTS) is 1. The first kappa shape index (κ1) is 17.7. The summed E-state index contributed by atoms with van der Waals surface area (Å²) in [4.78, 5) is 13.1. The van der Waals surface area contributed by atoms with Crippen LogP contribution >= 0.6 is 0 Å². The van der Waals surface area contributed by atoms with Crippen molar-refractivity contribution in [2.75, 3.05) is 20.2 Å². The Bertz CT molecular complexity index is 485. The predicted octanol–water partition coefficient (Wildman–Crippen LogP) is 2.23. The SMILES string of the molecule is Cc1cc(C)c(C)c(CC(CC(=O)O)N(C)CCO)c1C. The first-order valence-electron chi connectivity index (χ1n) is 7.37. The molecule has 118 valence electrons. The molecule has 4 nitrogen and oxygen atoms in total. The minimum Gasteiger partial charge on any atom is -0.481 e. The van der Waals surface area contributed by atoms with Crippen LogP contribution in [0.1, 0.15) is 34.2 Å². The smallest absolute Gasteiger partial charge is 0.304 e. The molecular weight excluding hydrogens is 266 g/mol. The number of carbonyl (C=O) groups is 1. The van der Waals surface area contributed by atoms with E-state index in [2.05, 4.69) is 33.8 Å².